The first kappa shape index (κ1) is 14.7. The Hall–Kier alpha value is -2.85. The summed E-state index contributed by atoms with van der Waals surface area (Å²) in [7, 11) is 0. The van der Waals surface area contributed by atoms with Gasteiger partial charge in [0, 0.05) is 30.3 Å². The van der Waals surface area contributed by atoms with Crippen LogP contribution >= 0.6 is 11.8 Å². The molecule has 4 nitrogen and oxygen atoms in total. The predicted molar refractivity (Wildman–Crippen MR) is 87.7 cm³/mol. The van der Waals surface area contributed by atoms with Crippen LogP contribution in [-0.2, 0) is 5.75 Å². The smallest absolute Gasteiger partial charge is 0.166 e. The van der Waals surface area contributed by atoms with E-state index in [1.165, 1.54) is 11.8 Å². The average molecular weight is 340 g/mol. The number of fused-ring (bicyclic) bond motifs is 2. The van der Waals surface area contributed by atoms with E-state index in [0.29, 0.717) is 27.5 Å². The van der Waals surface area contributed by atoms with E-state index < -0.39 is 11.6 Å². The normalized spacial score (nSPS) is 11.2. The van der Waals surface area contributed by atoms with Crippen molar-refractivity contribution in [2.24, 2.45) is 0 Å². The van der Waals surface area contributed by atoms with Crippen LogP contribution < -0.4 is 0 Å². The lowest BCUT2D eigenvalue weighted by molar-refractivity contribution is 0.510. The van der Waals surface area contributed by atoms with Gasteiger partial charge in [0.25, 0.3) is 0 Å². The van der Waals surface area contributed by atoms with Gasteiger partial charge >= 0.3 is 0 Å². The summed E-state index contributed by atoms with van der Waals surface area (Å²) in [5.74, 6) is -1.31. The van der Waals surface area contributed by atoms with E-state index in [-0.39, 0.29) is 0 Å². The van der Waals surface area contributed by atoms with E-state index in [4.69, 9.17) is 0 Å². The number of hydrogen-bond donors (Lipinski definition) is 1. The van der Waals surface area contributed by atoms with Crippen LogP contribution in [0.5, 0.6) is 0 Å². The summed E-state index contributed by atoms with van der Waals surface area (Å²) < 4.78 is 28.4. The van der Waals surface area contributed by atoms with Gasteiger partial charge in [-0.1, -0.05) is 17.8 Å². The summed E-state index contributed by atoms with van der Waals surface area (Å²) in [5, 5.41) is 9.95. The number of pyridine rings is 1. The second kappa shape index (κ2) is 5.65. The summed E-state index contributed by atoms with van der Waals surface area (Å²) in [6, 6.07) is 10.1. The molecule has 4 rings (SSSR count). The molecular formula is C17H10F2N4S. The van der Waals surface area contributed by atoms with Crippen molar-refractivity contribution in [1.29, 1.82) is 5.26 Å². The van der Waals surface area contributed by atoms with Gasteiger partial charge in [-0.2, -0.15) is 5.26 Å². The van der Waals surface area contributed by atoms with Gasteiger partial charge in [0.1, 0.15) is 6.07 Å². The first-order valence-corrected chi connectivity index (χ1v) is 8.10. The number of thioether (sulfide) groups is 1. The minimum Gasteiger partial charge on any atom is -0.333 e. The zero-order valence-electron chi connectivity index (χ0n) is 12.3. The highest BCUT2D eigenvalue weighted by atomic mass is 32.2. The Balaban J connectivity index is 1.64. The molecule has 0 amide bonds. The van der Waals surface area contributed by atoms with Crippen LogP contribution in [0.25, 0.3) is 16.6 Å². The molecule has 0 saturated heterocycles. The maximum atomic E-state index is 13.3. The van der Waals surface area contributed by atoms with Crippen molar-refractivity contribution in [2.75, 3.05) is 0 Å². The summed E-state index contributed by atoms with van der Waals surface area (Å²) >= 11 is 1.38. The van der Waals surface area contributed by atoms with Gasteiger partial charge in [0.15, 0.2) is 16.8 Å². The van der Waals surface area contributed by atoms with Gasteiger partial charge in [0.05, 0.1) is 22.1 Å². The average Bonchev–Trinajstić information content (AvgIpc) is 3.13. The van der Waals surface area contributed by atoms with Crippen LogP contribution in [0.4, 0.5) is 8.78 Å². The maximum absolute atomic E-state index is 13.3. The molecular weight excluding hydrogens is 330 g/mol. The fourth-order valence-corrected chi connectivity index (χ4v) is 3.47. The Morgan fingerprint density at radius 3 is 2.92 bits per heavy atom. The zero-order valence-corrected chi connectivity index (χ0v) is 13.1. The van der Waals surface area contributed by atoms with Crippen molar-refractivity contribution in [2.45, 2.75) is 10.9 Å². The summed E-state index contributed by atoms with van der Waals surface area (Å²) in [4.78, 5) is 7.21. The Morgan fingerprint density at radius 1 is 1.25 bits per heavy atom. The molecule has 0 atom stereocenters. The standard InChI is InChI=1S/C17H10F2N4S/c18-12-5-14-15(6-13(12)19)22-17(21-14)24-9-10-8-23-4-2-1-3-16(23)11(10)7-20/h1-6,8H,9H2,(H,21,22). The number of H-pyrrole nitrogens is 1. The molecule has 3 heterocycles. The summed E-state index contributed by atoms with van der Waals surface area (Å²) in [6.07, 6.45) is 3.79. The van der Waals surface area contributed by atoms with Gasteiger partial charge in [0.2, 0.25) is 0 Å². The van der Waals surface area contributed by atoms with E-state index in [0.717, 1.165) is 23.2 Å². The van der Waals surface area contributed by atoms with Gasteiger partial charge in [-0.15, -0.1) is 0 Å². The molecule has 0 aliphatic heterocycles. The highest BCUT2D eigenvalue weighted by Crippen LogP contribution is 2.27. The Labute approximate surface area is 139 Å². The molecule has 0 aliphatic carbocycles. The van der Waals surface area contributed by atoms with Crippen molar-refractivity contribution in [3.63, 3.8) is 0 Å². The first-order chi connectivity index (χ1) is 11.7. The van der Waals surface area contributed by atoms with Crippen molar-refractivity contribution in [1.82, 2.24) is 14.4 Å². The maximum Gasteiger partial charge on any atom is 0.166 e. The number of aromatic amines is 1. The van der Waals surface area contributed by atoms with Crippen LogP contribution in [0.15, 0.2) is 47.9 Å². The van der Waals surface area contributed by atoms with Crippen molar-refractivity contribution >= 4 is 28.3 Å². The van der Waals surface area contributed by atoms with Crippen LogP contribution in [0, 0.1) is 23.0 Å². The number of hydrogen-bond acceptors (Lipinski definition) is 3. The zero-order chi connectivity index (χ0) is 16.7. The van der Waals surface area contributed by atoms with Crippen LogP contribution in [0.1, 0.15) is 11.1 Å². The number of benzene rings is 1. The first-order valence-electron chi connectivity index (χ1n) is 7.12. The minimum absolute atomic E-state index is 0.374. The molecule has 0 fully saturated rings. The minimum atomic E-state index is -0.920. The number of nitrogens with zero attached hydrogens (tertiary/aromatic N) is 3. The fourth-order valence-electron chi connectivity index (χ4n) is 2.61. The number of aromatic nitrogens is 3. The molecule has 0 bridgehead atoms. The molecule has 1 aromatic carbocycles. The molecule has 0 unspecified atom stereocenters. The number of imidazole rings is 1. The van der Waals surface area contributed by atoms with E-state index in [9.17, 15) is 14.0 Å². The third kappa shape index (κ3) is 2.41. The molecule has 4 aromatic rings. The van der Waals surface area contributed by atoms with Gasteiger partial charge < -0.3 is 9.38 Å². The molecule has 0 spiro atoms. The molecule has 7 heteroatoms. The number of nitrogens with one attached hydrogen (secondary N) is 1. The second-order valence-electron chi connectivity index (χ2n) is 5.25. The highest BCUT2D eigenvalue weighted by molar-refractivity contribution is 7.98. The lowest BCUT2D eigenvalue weighted by Crippen LogP contribution is -1.83. The molecule has 0 radical (unpaired) electrons. The third-order valence-electron chi connectivity index (χ3n) is 3.74. The van der Waals surface area contributed by atoms with E-state index in [1.807, 2.05) is 35.0 Å². The van der Waals surface area contributed by atoms with E-state index >= 15 is 0 Å². The van der Waals surface area contributed by atoms with Crippen molar-refractivity contribution in [3.05, 3.63) is 65.5 Å². The van der Waals surface area contributed by atoms with Gasteiger partial charge in [-0.25, -0.2) is 13.8 Å². The lowest BCUT2D eigenvalue weighted by atomic mass is 10.2. The van der Waals surface area contributed by atoms with E-state index in [2.05, 4.69) is 16.0 Å². The third-order valence-corrected chi connectivity index (χ3v) is 4.66. The van der Waals surface area contributed by atoms with E-state index in [1.54, 1.807) is 0 Å². The second-order valence-corrected chi connectivity index (χ2v) is 6.21. The SMILES string of the molecule is N#Cc1c(CSc2nc3cc(F)c(F)cc3[nH]2)cn2ccccc12. The quantitative estimate of drug-likeness (QED) is 0.567. The van der Waals surface area contributed by atoms with Crippen LogP contribution in [0.3, 0.4) is 0 Å². The largest absolute Gasteiger partial charge is 0.333 e. The summed E-state index contributed by atoms with van der Waals surface area (Å²) in [5.41, 5.74) is 3.17. The molecule has 1 N–H and O–H groups in total. The van der Waals surface area contributed by atoms with Gasteiger partial charge in [-0.3, -0.25) is 0 Å². The fraction of sp³-hybridized carbons (Fsp3) is 0.0588. The lowest BCUT2D eigenvalue weighted by Gasteiger charge is -1.95. The van der Waals surface area contributed by atoms with Crippen LogP contribution in [-0.4, -0.2) is 14.4 Å². The van der Waals surface area contributed by atoms with Crippen LogP contribution in [0.2, 0.25) is 0 Å². The monoisotopic (exact) mass is 340 g/mol. The molecule has 0 aliphatic rings. The number of halogens is 2. The Kier molecular flexibility index (Phi) is 3.47. The topological polar surface area (TPSA) is 56.9 Å². The molecule has 118 valence electrons. The Bertz CT molecular complexity index is 1070. The number of nitriles is 1. The Morgan fingerprint density at radius 2 is 2.08 bits per heavy atom. The van der Waals surface area contributed by atoms with Crippen molar-refractivity contribution < 1.29 is 8.78 Å². The molecule has 0 saturated carbocycles. The van der Waals surface area contributed by atoms with Gasteiger partial charge in [-0.05, 0) is 17.7 Å². The molecule has 3 aromatic heterocycles. The number of rotatable bonds is 3. The predicted octanol–water partition coefficient (Wildman–Crippen LogP) is 4.26. The van der Waals surface area contributed by atoms with Crippen molar-refractivity contribution in [3.8, 4) is 6.07 Å². The summed E-state index contributed by atoms with van der Waals surface area (Å²) in [6.45, 7) is 0. The highest BCUT2D eigenvalue weighted by Gasteiger charge is 2.13. The molecule has 24 heavy (non-hydrogen) atoms.